The first-order valence-corrected chi connectivity index (χ1v) is 13.4. The molecule has 210 valence electrons. The molecule has 0 saturated carbocycles. The number of aliphatic hydroxyl groups excluding tert-OH is 1. The summed E-state index contributed by atoms with van der Waals surface area (Å²) in [5, 5.41) is 22.1. The number of nitriles is 1. The number of piperidine rings is 1. The van der Waals surface area contributed by atoms with Crippen molar-refractivity contribution < 1.29 is 19.4 Å². The summed E-state index contributed by atoms with van der Waals surface area (Å²) in [5.74, 6) is 1.34. The number of hydrogen-bond donors (Lipinski definition) is 3. The van der Waals surface area contributed by atoms with Gasteiger partial charge in [-0.05, 0) is 58.9 Å². The van der Waals surface area contributed by atoms with E-state index in [1.54, 1.807) is 32.2 Å². The van der Waals surface area contributed by atoms with Crippen LogP contribution in [0.1, 0.15) is 44.4 Å². The molecular weight excluding hydrogens is 520 g/mol. The number of carbonyl (C=O) groups excluding carboxylic acids is 1. The van der Waals surface area contributed by atoms with Crippen LogP contribution in [0.2, 0.25) is 5.02 Å². The van der Waals surface area contributed by atoms with Crippen LogP contribution in [-0.4, -0.2) is 73.0 Å². The summed E-state index contributed by atoms with van der Waals surface area (Å²) in [6.45, 7) is 7.33. The number of benzene rings is 1. The number of halogens is 1. The van der Waals surface area contributed by atoms with Gasteiger partial charge in [0.05, 0.1) is 41.5 Å². The van der Waals surface area contributed by atoms with Crippen molar-refractivity contribution in [2.45, 2.75) is 52.2 Å². The Morgan fingerprint density at radius 3 is 2.67 bits per heavy atom. The van der Waals surface area contributed by atoms with Gasteiger partial charge < -0.3 is 30.5 Å². The smallest absolute Gasteiger partial charge is 0.163 e. The van der Waals surface area contributed by atoms with Gasteiger partial charge in [-0.1, -0.05) is 11.6 Å². The predicted molar refractivity (Wildman–Crippen MR) is 152 cm³/mol. The molecule has 1 aliphatic heterocycles. The van der Waals surface area contributed by atoms with Crippen LogP contribution in [0.3, 0.4) is 0 Å². The van der Waals surface area contributed by atoms with Gasteiger partial charge >= 0.3 is 0 Å². The average Bonchev–Trinajstić information content (AvgIpc) is 2.90. The number of Topliss-reactive ketones (excluding diaryl/α,β-unsaturated/α-hetero) is 1. The third kappa shape index (κ3) is 7.90. The second kappa shape index (κ2) is 14.2. The molecule has 0 spiro atoms. The maximum absolute atomic E-state index is 12.6. The monoisotopic (exact) mass is 556 g/mol. The SMILES string of the molecule is CNC[C@@H](O)COc1ccc(Cl)c(-c2nc(C(C(C)=O)=C(C)N)c(C)c(N3CCC(OCCC#N)CC3)n2)c1. The molecule has 0 radical (unpaired) electrons. The van der Waals surface area contributed by atoms with E-state index in [4.69, 9.17) is 42.0 Å². The van der Waals surface area contributed by atoms with Crippen LogP contribution < -0.4 is 20.7 Å². The van der Waals surface area contributed by atoms with Gasteiger partial charge in [0.1, 0.15) is 24.3 Å². The van der Waals surface area contributed by atoms with Crippen molar-refractivity contribution >= 4 is 28.8 Å². The maximum atomic E-state index is 12.6. The second-order valence-electron chi connectivity index (χ2n) is 9.59. The van der Waals surface area contributed by atoms with Crippen LogP contribution in [0.5, 0.6) is 5.75 Å². The number of nitrogens with two attached hydrogens (primary N) is 1. The first-order chi connectivity index (χ1) is 18.7. The zero-order valence-corrected chi connectivity index (χ0v) is 23.7. The maximum Gasteiger partial charge on any atom is 0.163 e. The largest absolute Gasteiger partial charge is 0.491 e. The van der Waals surface area contributed by atoms with Crippen molar-refractivity contribution in [1.82, 2.24) is 15.3 Å². The Morgan fingerprint density at radius 1 is 1.33 bits per heavy atom. The zero-order chi connectivity index (χ0) is 28.5. The minimum Gasteiger partial charge on any atom is -0.491 e. The number of likely N-dealkylation sites (N-methyl/N-ethyl adjacent to an activating group) is 1. The highest BCUT2D eigenvalue weighted by Gasteiger charge is 2.27. The lowest BCUT2D eigenvalue weighted by molar-refractivity contribution is -0.111. The molecule has 0 aliphatic carbocycles. The predicted octanol–water partition coefficient (Wildman–Crippen LogP) is 3.24. The molecule has 0 unspecified atom stereocenters. The number of ketones is 1. The van der Waals surface area contributed by atoms with E-state index in [9.17, 15) is 9.90 Å². The molecule has 2 aromatic rings. The van der Waals surface area contributed by atoms with Gasteiger partial charge in [0.2, 0.25) is 0 Å². The number of anilines is 1. The van der Waals surface area contributed by atoms with Gasteiger partial charge in [0.25, 0.3) is 0 Å². The quantitative estimate of drug-likeness (QED) is 0.263. The van der Waals surface area contributed by atoms with E-state index in [0.717, 1.165) is 18.4 Å². The number of hydrogen-bond acceptors (Lipinski definition) is 10. The molecule has 3 rings (SSSR count). The topological polar surface area (TPSA) is 147 Å². The Labute approximate surface area is 234 Å². The minimum atomic E-state index is -0.675. The number of rotatable bonds is 12. The molecule has 1 fully saturated rings. The van der Waals surface area contributed by atoms with Crippen molar-refractivity contribution in [1.29, 1.82) is 5.26 Å². The normalized spacial score (nSPS) is 15.5. The van der Waals surface area contributed by atoms with E-state index in [0.29, 0.717) is 77.6 Å². The van der Waals surface area contributed by atoms with Gasteiger partial charge in [0.15, 0.2) is 11.6 Å². The minimum absolute atomic E-state index is 0.0798. The summed E-state index contributed by atoms with van der Waals surface area (Å²) < 4.78 is 11.6. The van der Waals surface area contributed by atoms with Crippen molar-refractivity contribution in [3.05, 3.63) is 40.2 Å². The lowest BCUT2D eigenvalue weighted by Gasteiger charge is -2.34. The average molecular weight is 557 g/mol. The molecule has 1 aliphatic rings. The zero-order valence-electron chi connectivity index (χ0n) is 23.0. The van der Waals surface area contributed by atoms with E-state index < -0.39 is 6.10 Å². The number of ether oxygens (including phenoxy) is 2. The summed E-state index contributed by atoms with van der Waals surface area (Å²) in [7, 11) is 1.75. The van der Waals surface area contributed by atoms with Gasteiger partial charge in [0, 0.05) is 36.5 Å². The van der Waals surface area contributed by atoms with Crippen LogP contribution in [0, 0.1) is 18.3 Å². The fraction of sp³-hybridized carbons (Fsp3) is 0.500. The highest BCUT2D eigenvalue weighted by atomic mass is 35.5. The molecule has 39 heavy (non-hydrogen) atoms. The molecule has 0 bridgehead atoms. The Morgan fingerprint density at radius 2 is 2.05 bits per heavy atom. The molecule has 4 N–H and O–H groups in total. The van der Waals surface area contributed by atoms with Gasteiger partial charge in [-0.3, -0.25) is 4.79 Å². The fourth-order valence-corrected chi connectivity index (χ4v) is 4.77. The molecule has 2 heterocycles. The summed E-state index contributed by atoms with van der Waals surface area (Å²) in [6, 6.07) is 7.25. The molecule has 1 saturated heterocycles. The standard InChI is InChI=1S/C28H37ClN6O4/c1-17-26(25(18(2)31)19(3)36)33-27(23-14-22(6-7-24(23)29)39-16-20(37)15-32-4)34-28(17)35-11-8-21(9-12-35)38-13-5-10-30/h6-7,14,20-21,32,37H,5,8-9,11-13,15-16,31H2,1-4H3/t20-/m1/s1. The first kappa shape index (κ1) is 30.3. The molecule has 1 aromatic heterocycles. The van der Waals surface area contributed by atoms with E-state index >= 15 is 0 Å². The van der Waals surface area contributed by atoms with Crippen molar-refractivity contribution in [2.24, 2.45) is 5.73 Å². The van der Waals surface area contributed by atoms with Crippen molar-refractivity contribution in [2.75, 3.05) is 44.8 Å². The number of aromatic nitrogens is 2. The van der Waals surface area contributed by atoms with Crippen LogP contribution in [0.25, 0.3) is 17.0 Å². The number of nitrogens with zero attached hydrogens (tertiary/aromatic N) is 4. The van der Waals surface area contributed by atoms with Crippen LogP contribution in [0.4, 0.5) is 5.82 Å². The Kier molecular flexibility index (Phi) is 11.1. The molecule has 0 amide bonds. The van der Waals surface area contributed by atoms with E-state index in [-0.39, 0.29) is 18.5 Å². The van der Waals surface area contributed by atoms with E-state index in [1.807, 2.05) is 6.92 Å². The number of carbonyl (C=O) groups is 1. The van der Waals surface area contributed by atoms with Gasteiger partial charge in [-0.2, -0.15) is 5.26 Å². The van der Waals surface area contributed by atoms with E-state index in [2.05, 4.69) is 16.3 Å². The Balaban J connectivity index is 2.02. The summed E-state index contributed by atoms with van der Waals surface area (Å²) in [4.78, 5) is 24.5. The highest BCUT2D eigenvalue weighted by molar-refractivity contribution is 6.33. The lowest BCUT2D eigenvalue weighted by atomic mass is 10.0. The Bertz CT molecular complexity index is 1230. The van der Waals surface area contributed by atoms with Crippen molar-refractivity contribution in [3.63, 3.8) is 0 Å². The number of nitrogens with one attached hydrogen (secondary N) is 1. The van der Waals surface area contributed by atoms with Gasteiger partial charge in [-0.15, -0.1) is 0 Å². The molecule has 1 atom stereocenters. The van der Waals surface area contributed by atoms with Crippen LogP contribution >= 0.6 is 11.6 Å². The first-order valence-electron chi connectivity index (χ1n) is 13.0. The highest BCUT2D eigenvalue weighted by Crippen LogP contribution is 2.35. The summed E-state index contributed by atoms with van der Waals surface area (Å²) >= 11 is 6.61. The number of aliphatic hydroxyl groups is 1. The van der Waals surface area contributed by atoms with Crippen LogP contribution in [-0.2, 0) is 9.53 Å². The molecule has 1 aromatic carbocycles. The third-order valence-electron chi connectivity index (χ3n) is 6.47. The van der Waals surface area contributed by atoms with Crippen LogP contribution in [0.15, 0.2) is 23.9 Å². The van der Waals surface area contributed by atoms with Crippen molar-refractivity contribution in [3.8, 4) is 23.2 Å². The van der Waals surface area contributed by atoms with E-state index in [1.165, 1.54) is 6.92 Å². The molecule has 11 heteroatoms. The Hall–Kier alpha value is -3.23. The van der Waals surface area contributed by atoms with Gasteiger partial charge in [-0.25, -0.2) is 9.97 Å². The second-order valence-corrected chi connectivity index (χ2v) is 10.00. The number of allylic oxidation sites excluding steroid dienone is 2. The summed E-state index contributed by atoms with van der Waals surface area (Å²) in [5.41, 5.74) is 8.60. The summed E-state index contributed by atoms with van der Waals surface area (Å²) in [6.07, 6.45) is 1.34. The fourth-order valence-electron chi connectivity index (χ4n) is 4.57. The third-order valence-corrected chi connectivity index (χ3v) is 6.80. The molecule has 10 nitrogen and oxygen atoms in total. The lowest BCUT2D eigenvalue weighted by Crippen LogP contribution is -2.38. The molecular formula is C28H37ClN6O4.